The maximum absolute atomic E-state index is 9.62. The molecule has 0 spiro atoms. The zero-order valence-electron chi connectivity index (χ0n) is 11.3. The Labute approximate surface area is 123 Å². The van der Waals surface area contributed by atoms with E-state index in [0.29, 0.717) is 0 Å². The highest BCUT2D eigenvalue weighted by atomic mass is 79.9. The molecule has 1 aromatic rings. The first-order chi connectivity index (χ1) is 9.14. The molecule has 2 rings (SSSR count). The van der Waals surface area contributed by atoms with E-state index in [1.54, 1.807) is 0 Å². The fourth-order valence-electron chi connectivity index (χ4n) is 2.56. The molecule has 0 saturated carbocycles. The summed E-state index contributed by atoms with van der Waals surface area (Å²) in [7, 11) is 0. The SMILES string of the molecule is CC(C#N)(Cc1ccc(Br)cc1)N1CCCNCC1. The van der Waals surface area contributed by atoms with Crippen molar-refractivity contribution in [3.63, 3.8) is 0 Å². The van der Waals surface area contributed by atoms with Crippen LogP contribution in [0.3, 0.4) is 0 Å². The summed E-state index contributed by atoms with van der Waals surface area (Å²) in [4.78, 5) is 2.31. The number of hydrogen-bond donors (Lipinski definition) is 1. The van der Waals surface area contributed by atoms with Gasteiger partial charge in [-0.1, -0.05) is 28.1 Å². The van der Waals surface area contributed by atoms with E-state index in [9.17, 15) is 5.26 Å². The van der Waals surface area contributed by atoms with Gasteiger partial charge in [-0.3, -0.25) is 4.90 Å². The summed E-state index contributed by atoms with van der Waals surface area (Å²) in [5.41, 5.74) is 0.796. The minimum Gasteiger partial charge on any atom is -0.315 e. The zero-order chi connectivity index (χ0) is 13.7. The Morgan fingerprint density at radius 1 is 1.32 bits per heavy atom. The van der Waals surface area contributed by atoms with Gasteiger partial charge in [0.05, 0.1) is 6.07 Å². The average molecular weight is 322 g/mol. The normalized spacial score (nSPS) is 20.3. The second-order valence-corrected chi connectivity index (χ2v) is 6.20. The van der Waals surface area contributed by atoms with E-state index in [1.807, 2.05) is 12.1 Å². The van der Waals surface area contributed by atoms with Gasteiger partial charge in [0.1, 0.15) is 5.54 Å². The van der Waals surface area contributed by atoms with Crippen LogP contribution in [0.2, 0.25) is 0 Å². The largest absolute Gasteiger partial charge is 0.315 e. The van der Waals surface area contributed by atoms with Gasteiger partial charge in [0, 0.05) is 30.5 Å². The number of nitrogens with one attached hydrogen (secondary N) is 1. The molecule has 1 aliphatic rings. The van der Waals surface area contributed by atoms with Crippen LogP contribution in [0, 0.1) is 11.3 Å². The van der Waals surface area contributed by atoms with E-state index >= 15 is 0 Å². The molecule has 1 aromatic carbocycles. The van der Waals surface area contributed by atoms with E-state index in [2.05, 4.69) is 51.3 Å². The van der Waals surface area contributed by atoms with Gasteiger partial charge >= 0.3 is 0 Å². The summed E-state index contributed by atoms with van der Waals surface area (Å²) in [6, 6.07) is 10.8. The van der Waals surface area contributed by atoms with Crippen molar-refractivity contribution in [3.8, 4) is 6.07 Å². The number of rotatable bonds is 3. The molecule has 4 heteroatoms. The van der Waals surface area contributed by atoms with Crippen LogP contribution in [-0.2, 0) is 6.42 Å². The molecular formula is C15H20BrN3. The van der Waals surface area contributed by atoms with Crippen LogP contribution < -0.4 is 5.32 Å². The molecule has 1 heterocycles. The average Bonchev–Trinajstić information content (AvgIpc) is 2.71. The van der Waals surface area contributed by atoms with Gasteiger partial charge in [-0.25, -0.2) is 0 Å². The first-order valence-electron chi connectivity index (χ1n) is 6.75. The Morgan fingerprint density at radius 2 is 2.05 bits per heavy atom. The first-order valence-corrected chi connectivity index (χ1v) is 7.55. The number of benzene rings is 1. The Morgan fingerprint density at radius 3 is 2.74 bits per heavy atom. The second-order valence-electron chi connectivity index (χ2n) is 5.28. The second kappa shape index (κ2) is 6.51. The molecule has 1 fully saturated rings. The highest BCUT2D eigenvalue weighted by Crippen LogP contribution is 2.22. The quantitative estimate of drug-likeness (QED) is 0.930. The lowest BCUT2D eigenvalue weighted by molar-refractivity contribution is 0.162. The molecule has 102 valence electrons. The lowest BCUT2D eigenvalue weighted by atomic mass is 9.92. The van der Waals surface area contributed by atoms with Crippen molar-refractivity contribution in [3.05, 3.63) is 34.3 Å². The molecule has 1 unspecified atom stereocenters. The molecule has 1 saturated heterocycles. The van der Waals surface area contributed by atoms with Crippen LogP contribution in [0.4, 0.5) is 0 Å². The van der Waals surface area contributed by atoms with Crippen LogP contribution in [-0.4, -0.2) is 36.6 Å². The third-order valence-corrected chi connectivity index (χ3v) is 4.27. The van der Waals surface area contributed by atoms with Gasteiger partial charge in [-0.15, -0.1) is 0 Å². The van der Waals surface area contributed by atoms with E-state index in [4.69, 9.17) is 0 Å². The summed E-state index contributed by atoms with van der Waals surface area (Å²) < 4.78 is 1.08. The van der Waals surface area contributed by atoms with Crippen LogP contribution in [0.5, 0.6) is 0 Å². The molecular weight excluding hydrogens is 302 g/mol. The molecule has 0 aliphatic carbocycles. The fraction of sp³-hybridized carbons (Fsp3) is 0.533. The van der Waals surface area contributed by atoms with Crippen molar-refractivity contribution < 1.29 is 0 Å². The summed E-state index contributed by atoms with van der Waals surface area (Å²) >= 11 is 3.45. The van der Waals surface area contributed by atoms with Crippen molar-refractivity contribution >= 4 is 15.9 Å². The van der Waals surface area contributed by atoms with Crippen molar-refractivity contribution in [2.24, 2.45) is 0 Å². The molecule has 1 N–H and O–H groups in total. The third-order valence-electron chi connectivity index (χ3n) is 3.74. The molecule has 1 atom stereocenters. The lowest BCUT2D eigenvalue weighted by Gasteiger charge is -2.35. The predicted octanol–water partition coefficient (Wildman–Crippen LogP) is 2.57. The lowest BCUT2D eigenvalue weighted by Crippen LogP contribution is -2.48. The fourth-order valence-corrected chi connectivity index (χ4v) is 2.83. The molecule has 0 aromatic heterocycles. The van der Waals surface area contributed by atoms with E-state index < -0.39 is 5.54 Å². The van der Waals surface area contributed by atoms with E-state index in [1.165, 1.54) is 5.56 Å². The Bertz CT molecular complexity index is 443. The maximum Gasteiger partial charge on any atom is 0.110 e. The molecule has 1 aliphatic heterocycles. The summed E-state index contributed by atoms with van der Waals surface area (Å²) in [5, 5.41) is 13.0. The van der Waals surface area contributed by atoms with Gasteiger partial charge < -0.3 is 5.32 Å². The van der Waals surface area contributed by atoms with Crippen LogP contribution in [0.25, 0.3) is 0 Å². The number of hydrogen-bond acceptors (Lipinski definition) is 3. The first kappa shape index (κ1) is 14.5. The summed E-state index contributed by atoms with van der Waals surface area (Å²) in [5.74, 6) is 0. The third kappa shape index (κ3) is 3.79. The predicted molar refractivity (Wildman–Crippen MR) is 80.9 cm³/mol. The van der Waals surface area contributed by atoms with Crippen LogP contribution in [0.15, 0.2) is 28.7 Å². The van der Waals surface area contributed by atoms with Gasteiger partial charge in [-0.2, -0.15) is 5.26 Å². The minimum absolute atomic E-state index is 0.417. The zero-order valence-corrected chi connectivity index (χ0v) is 12.9. The van der Waals surface area contributed by atoms with Gasteiger partial charge in [0.15, 0.2) is 0 Å². The molecule has 19 heavy (non-hydrogen) atoms. The Balaban J connectivity index is 2.12. The van der Waals surface area contributed by atoms with Crippen molar-refractivity contribution in [2.75, 3.05) is 26.2 Å². The molecule has 0 bridgehead atoms. The van der Waals surface area contributed by atoms with Crippen LogP contribution >= 0.6 is 15.9 Å². The summed E-state index contributed by atoms with van der Waals surface area (Å²) in [6.45, 7) is 6.02. The molecule has 3 nitrogen and oxygen atoms in total. The molecule has 0 amide bonds. The monoisotopic (exact) mass is 321 g/mol. The summed E-state index contributed by atoms with van der Waals surface area (Å²) in [6.07, 6.45) is 1.88. The van der Waals surface area contributed by atoms with Gasteiger partial charge in [-0.05, 0) is 37.6 Å². The van der Waals surface area contributed by atoms with Crippen LogP contribution in [0.1, 0.15) is 18.9 Å². The van der Waals surface area contributed by atoms with Crippen molar-refractivity contribution in [1.29, 1.82) is 5.26 Å². The standard InChI is InChI=1S/C15H20BrN3/c1-15(12-17,19-9-2-7-18-8-10-19)11-13-3-5-14(16)6-4-13/h3-6,18H,2,7-11H2,1H3. The van der Waals surface area contributed by atoms with Gasteiger partial charge in [0.25, 0.3) is 0 Å². The number of nitrogens with zero attached hydrogens (tertiary/aromatic N) is 2. The topological polar surface area (TPSA) is 39.1 Å². The number of nitriles is 1. The van der Waals surface area contributed by atoms with Crippen molar-refractivity contribution in [1.82, 2.24) is 10.2 Å². The van der Waals surface area contributed by atoms with E-state index in [-0.39, 0.29) is 0 Å². The Kier molecular flexibility index (Phi) is 4.98. The number of halogens is 1. The highest BCUT2D eigenvalue weighted by molar-refractivity contribution is 9.10. The van der Waals surface area contributed by atoms with Gasteiger partial charge in [0.2, 0.25) is 0 Å². The smallest absolute Gasteiger partial charge is 0.110 e. The highest BCUT2D eigenvalue weighted by Gasteiger charge is 2.32. The Hall–Kier alpha value is -0.890. The molecule has 0 radical (unpaired) electrons. The van der Waals surface area contributed by atoms with E-state index in [0.717, 1.165) is 43.5 Å². The van der Waals surface area contributed by atoms with Crippen molar-refractivity contribution in [2.45, 2.75) is 25.3 Å². The minimum atomic E-state index is -0.417. The maximum atomic E-state index is 9.62.